The first-order valence-electron chi connectivity index (χ1n) is 5.66. The quantitative estimate of drug-likeness (QED) is 0.700. The van der Waals surface area contributed by atoms with Gasteiger partial charge in [-0.2, -0.15) is 13.2 Å². The lowest BCUT2D eigenvalue weighted by Gasteiger charge is -2.35. The third kappa shape index (κ3) is 5.04. The average molecular weight is 253 g/mol. The molecule has 0 unspecified atom stereocenters. The molecular weight excluding hydrogens is 235 g/mol. The van der Waals surface area contributed by atoms with Crippen molar-refractivity contribution in [3.63, 3.8) is 0 Å². The summed E-state index contributed by atoms with van der Waals surface area (Å²) in [7, 11) is 1.62. The molecule has 0 aliphatic carbocycles. The van der Waals surface area contributed by atoms with Crippen LogP contribution in [0.25, 0.3) is 0 Å². The molecule has 1 aliphatic rings. The van der Waals surface area contributed by atoms with Gasteiger partial charge in [0.15, 0.2) is 0 Å². The van der Waals surface area contributed by atoms with Crippen molar-refractivity contribution in [3.05, 3.63) is 0 Å². The molecule has 1 heterocycles. The van der Waals surface area contributed by atoms with E-state index in [-0.39, 0.29) is 6.54 Å². The Morgan fingerprint density at radius 2 is 1.94 bits per heavy atom. The van der Waals surface area contributed by atoms with Gasteiger partial charge in [-0.05, 0) is 19.9 Å². The summed E-state index contributed by atoms with van der Waals surface area (Å²) < 4.78 is 41.3. The normalized spacial score (nSPS) is 20.5. The van der Waals surface area contributed by atoms with Gasteiger partial charge >= 0.3 is 6.18 Å². The van der Waals surface area contributed by atoms with Gasteiger partial charge in [0.05, 0.1) is 6.42 Å². The van der Waals surface area contributed by atoms with E-state index < -0.39 is 18.0 Å². The van der Waals surface area contributed by atoms with Crippen molar-refractivity contribution in [2.45, 2.75) is 25.4 Å². The van der Waals surface area contributed by atoms with Crippen LogP contribution in [-0.2, 0) is 9.53 Å². The Labute approximate surface area is 98.9 Å². The molecule has 1 saturated heterocycles. The van der Waals surface area contributed by atoms with Crippen LogP contribution >= 0.6 is 0 Å². The molecule has 100 valence electrons. The van der Waals surface area contributed by atoms with Crippen molar-refractivity contribution in [3.8, 4) is 0 Å². The smallest absolute Gasteiger partial charge is 0.381 e. The summed E-state index contributed by atoms with van der Waals surface area (Å²) in [6, 6.07) is 0. The number of halogens is 3. The van der Waals surface area contributed by atoms with Crippen LogP contribution in [0.5, 0.6) is 0 Å². The SMILES string of the molecule is CN(CCC(F)(F)F)CC1(C=O)CCOCC1. The zero-order chi connectivity index (χ0) is 12.9. The first kappa shape index (κ1) is 14.4. The van der Waals surface area contributed by atoms with Crippen molar-refractivity contribution in [2.75, 3.05) is 33.4 Å². The molecule has 0 saturated carbocycles. The van der Waals surface area contributed by atoms with Crippen molar-refractivity contribution < 1.29 is 22.7 Å². The number of carbonyl (C=O) groups is 1. The molecule has 0 amide bonds. The van der Waals surface area contributed by atoms with E-state index in [1.807, 2.05) is 0 Å². The minimum atomic E-state index is -4.14. The van der Waals surface area contributed by atoms with Crippen molar-refractivity contribution in [1.29, 1.82) is 0 Å². The van der Waals surface area contributed by atoms with E-state index >= 15 is 0 Å². The van der Waals surface area contributed by atoms with Gasteiger partial charge in [0.2, 0.25) is 0 Å². The Balaban J connectivity index is 2.42. The average Bonchev–Trinajstić information content (AvgIpc) is 2.27. The number of aldehydes is 1. The maximum atomic E-state index is 12.1. The van der Waals surface area contributed by atoms with Gasteiger partial charge in [-0.3, -0.25) is 0 Å². The molecule has 0 aromatic rings. The Morgan fingerprint density at radius 3 is 2.41 bits per heavy atom. The number of nitrogens with zero attached hydrogens (tertiary/aromatic N) is 1. The second-order valence-electron chi connectivity index (χ2n) is 4.70. The van der Waals surface area contributed by atoms with Crippen LogP contribution in [-0.4, -0.2) is 50.7 Å². The summed E-state index contributed by atoms with van der Waals surface area (Å²) in [6.45, 7) is 1.31. The van der Waals surface area contributed by atoms with Gasteiger partial charge in [0.1, 0.15) is 6.29 Å². The van der Waals surface area contributed by atoms with Crippen LogP contribution in [0.4, 0.5) is 13.2 Å². The summed E-state index contributed by atoms with van der Waals surface area (Å²) in [4.78, 5) is 12.7. The second kappa shape index (κ2) is 5.82. The number of hydrogen-bond acceptors (Lipinski definition) is 3. The molecule has 1 rings (SSSR count). The van der Waals surface area contributed by atoms with Crippen molar-refractivity contribution in [1.82, 2.24) is 4.90 Å². The number of ether oxygens (including phenoxy) is 1. The van der Waals surface area contributed by atoms with Crippen LogP contribution in [0, 0.1) is 5.41 Å². The Bertz CT molecular complexity index is 250. The van der Waals surface area contributed by atoms with Crippen molar-refractivity contribution in [2.24, 2.45) is 5.41 Å². The minimum Gasteiger partial charge on any atom is -0.381 e. The Kier molecular flexibility index (Phi) is 4.94. The maximum Gasteiger partial charge on any atom is 0.390 e. The first-order valence-corrected chi connectivity index (χ1v) is 5.66. The predicted molar refractivity (Wildman–Crippen MR) is 56.7 cm³/mol. The molecule has 0 bridgehead atoms. The van der Waals surface area contributed by atoms with Gasteiger partial charge in [-0.1, -0.05) is 0 Å². The summed E-state index contributed by atoms with van der Waals surface area (Å²) in [6.07, 6.45) is -2.92. The number of carbonyl (C=O) groups excluding carboxylic acids is 1. The highest BCUT2D eigenvalue weighted by Gasteiger charge is 2.34. The fourth-order valence-electron chi connectivity index (χ4n) is 2.03. The summed E-state index contributed by atoms with van der Waals surface area (Å²) in [5.74, 6) is 0. The zero-order valence-corrected chi connectivity index (χ0v) is 9.92. The number of rotatable bonds is 5. The van der Waals surface area contributed by atoms with E-state index in [1.54, 1.807) is 11.9 Å². The highest BCUT2D eigenvalue weighted by Crippen LogP contribution is 2.29. The maximum absolute atomic E-state index is 12.1. The lowest BCUT2D eigenvalue weighted by Crippen LogP contribution is -2.42. The van der Waals surface area contributed by atoms with E-state index in [4.69, 9.17) is 4.74 Å². The van der Waals surface area contributed by atoms with Crippen LogP contribution in [0.2, 0.25) is 0 Å². The standard InChI is InChI=1S/C11H18F3NO2/c1-15(5-2-11(12,13)14)8-10(9-16)3-6-17-7-4-10/h9H,2-8H2,1H3. The zero-order valence-electron chi connectivity index (χ0n) is 9.92. The lowest BCUT2D eigenvalue weighted by atomic mass is 9.81. The molecular formula is C11H18F3NO2. The molecule has 1 fully saturated rings. The highest BCUT2D eigenvalue weighted by molar-refractivity contribution is 5.60. The fraction of sp³-hybridized carbons (Fsp3) is 0.909. The molecule has 0 N–H and O–H groups in total. The third-order valence-corrected chi connectivity index (χ3v) is 3.10. The molecule has 0 aromatic heterocycles. The summed E-state index contributed by atoms with van der Waals surface area (Å²) in [5.41, 5.74) is -0.529. The molecule has 0 radical (unpaired) electrons. The van der Waals surface area contributed by atoms with Crippen LogP contribution in [0.3, 0.4) is 0 Å². The largest absolute Gasteiger partial charge is 0.390 e. The van der Waals surface area contributed by atoms with E-state index in [0.717, 1.165) is 6.29 Å². The molecule has 3 nitrogen and oxygen atoms in total. The van der Waals surface area contributed by atoms with Crippen molar-refractivity contribution >= 4 is 6.29 Å². The van der Waals surface area contributed by atoms with E-state index in [0.29, 0.717) is 32.6 Å². The lowest BCUT2D eigenvalue weighted by molar-refractivity contribution is -0.139. The molecule has 17 heavy (non-hydrogen) atoms. The monoisotopic (exact) mass is 253 g/mol. The minimum absolute atomic E-state index is 0.0695. The highest BCUT2D eigenvalue weighted by atomic mass is 19.4. The first-order chi connectivity index (χ1) is 7.87. The van der Waals surface area contributed by atoms with Gasteiger partial charge < -0.3 is 14.4 Å². The summed E-state index contributed by atoms with van der Waals surface area (Å²) in [5, 5.41) is 0. The summed E-state index contributed by atoms with van der Waals surface area (Å²) >= 11 is 0. The predicted octanol–water partition coefficient (Wildman–Crippen LogP) is 1.87. The van der Waals surface area contributed by atoms with E-state index in [9.17, 15) is 18.0 Å². The van der Waals surface area contributed by atoms with Crippen LogP contribution < -0.4 is 0 Å². The number of alkyl halides is 3. The fourth-order valence-corrected chi connectivity index (χ4v) is 2.03. The van der Waals surface area contributed by atoms with Gasteiger partial charge in [-0.25, -0.2) is 0 Å². The van der Waals surface area contributed by atoms with Gasteiger partial charge in [0, 0.05) is 31.7 Å². The molecule has 6 heteroatoms. The molecule has 0 aromatic carbocycles. The van der Waals surface area contributed by atoms with E-state index in [2.05, 4.69) is 0 Å². The Morgan fingerprint density at radius 1 is 1.35 bits per heavy atom. The molecule has 0 spiro atoms. The van der Waals surface area contributed by atoms with E-state index in [1.165, 1.54) is 0 Å². The molecule has 1 aliphatic heterocycles. The van der Waals surface area contributed by atoms with Crippen LogP contribution in [0.15, 0.2) is 0 Å². The topological polar surface area (TPSA) is 29.5 Å². The molecule has 0 atom stereocenters. The third-order valence-electron chi connectivity index (χ3n) is 3.10. The van der Waals surface area contributed by atoms with Gasteiger partial charge in [0.25, 0.3) is 0 Å². The van der Waals surface area contributed by atoms with Crippen LogP contribution in [0.1, 0.15) is 19.3 Å². The Hall–Kier alpha value is -0.620. The van der Waals surface area contributed by atoms with Gasteiger partial charge in [-0.15, -0.1) is 0 Å². The second-order valence-corrected chi connectivity index (χ2v) is 4.70. The number of hydrogen-bond donors (Lipinski definition) is 0.